The third kappa shape index (κ3) is 6.09. The van der Waals surface area contributed by atoms with Gasteiger partial charge in [-0.1, -0.05) is 65.1 Å². The lowest BCUT2D eigenvalue weighted by Gasteiger charge is -2.12. The van der Waals surface area contributed by atoms with Crippen LogP contribution in [-0.2, 0) is 20.9 Å². The van der Waals surface area contributed by atoms with E-state index in [0.29, 0.717) is 28.0 Å². The Kier molecular flexibility index (Phi) is 7.90. The molecule has 0 bridgehead atoms. The maximum absolute atomic E-state index is 12.3. The fourth-order valence-corrected chi connectivity index (χ4v) is 3.49. The first-order valence-corrected chi connectivity index (χ1v) is 10.7. The summed E-state index contributed by atoms with van der Waals surface area (Å²) in [4.78, 5) is 28.4. The molecule has 3 aromatic rings. The van der Waals surface area contributed by atoms with E-state index in [1.54, 1.807) is 11.6 Å². The minimum absolute atomic E-state index is 0.118. The predicted octanol–water partition coefficient (Wildman–Crippen LogP) is 5.18. The van der Waals surface area contributed by atoms with E-state index in [1.807, 2.05) is 30.3 Å². The first-order valence-electron chi connectivity index (χ1n) is 9.52. The summed E-state index contributed by atoms with van der Waals surface area (Å²) in [6, 6.07) is 11.2. The van der Waals surface area contributed by atoms with E-state index in [1.165, 1.54) is 31.3 Å². The molecule has 0 unspecified atom stereocenters. The Morgan fingerprint density at radius 2 is 1.94 bits per heavy atom. The van der Waals surface area contributed by atoms with Gasteiger partial charge in [-0.15, -0.1) is 0 Å². The van der Waals surface area contributed by atoms with Crippen LogP contribution in [0.3, 0.4) is 0 Å². The molecule has 0 saturated heterocycles. The number of hydrogen-bond acceptors (Lipinski definition) is 5. The second kappa shape index (κ2) is 10.6. The zero-order chi connectivity index (χ0) is 23.3. The van der Waals surface area contributed by atoms with Gasteiger partial charge >= 0.3 is 5.97 Å². The smallest absolute Gasteiger partial charge is 0.331 e. The number of benzene rings is 1. The number of aromatic nitrogens is 3. The normalized spacial score (nSPS) is 12.0. The zero-order valence-electron chi connectivity index (χ0n) is 17.2. The molecule has 0 aliphatic carbocycles. The Balaban J connectivity index is 1.61. The van der Waals surface area contributed by atoms with E-state index < -0.39 is 18.0 Å². The molecule has 1 atom stereocenters. The van der Waals surface area contributed by atoms with Crippen LogP contribution in [0.5, 0.6) is 0 Å². The van der Waals surface area contributed by atoms with Crippen molar-refractivity contribution in [3.63, 3.8) is 0 Å². The SMILES string of the molecule is Cc1nn(Cc2ccccc2)c(Cl)c1/C=C/C(=O)O[C@H](C)C(=O)Nc1ncc(Cl)cc1Cl. The van der Waals surface area contributed by atoms with Crippen LogP contribution in [0.4, 0.5) is 5.82 Å². The van der Waals surface area contributed by atoms with Crippen molar-refractivity contribution in [3.05, 3.63) is 80.7 Å². The van der Waals surface area contributed by atoms with E-state index in [9.17, 15) is 9.59 Å². The van der Waals surface area contributed by atoms with Crippen LogP contribution in [0.2, 0.25) is 15.2 Å². The van der Waals surface area contributed by atoms with Gasteiger partial charge < -0.3 is 10.1 Å². The fourth-order valence-electron chi connectivity index (χ4n) is 2.76. The zero-order valence-corrected chi connectivity index (χ0v) is 19.4. The van der Waals surface area contributed by atoms with Gasteiger partial charge in [0, 0.05) is 17.8 Å². The van der Waals surface area contributed by atoms with Gasteiger partial charge in [0.25, 0.3) is 5.91 Å². The number of aryl methyl sites for hydroxylation is 1. The molecule has 0 radical (unpaired) electrons. The summed E-state index contributed by atoms with van der Waals surface area (Å²) in [5.41, 5.74) is 2.29. The van der Waals surface area contributed by atoms with Crippen LogP contribution in [0.25, 0.3) is 6.08 Å². The largest absolute Gasteiger partial charge is 0.449 e. The third-order valence-corrected chi connectivity index (χ3v) is 5.28. The maximum atomic E-state index is 12.3. The number of nitrogens with one attached hydrogen (secondary N) is 1. The molecular formula is C22H19Cl3N4O3. The van der Waals surface area contributed by atoms with Gasteiger partial charge in [0.05, 0.1) is 22.3 Å². The third-order valence-electron chi connectivity index (χ3n) is 4.38. The number of carbonyl (C=O) groups excluding carboxylic acids is 2. The molecule has 10 heteroatoms. The summed E-state index contributed by atoms with van der Waals surface area (Å²) in [5, 5.41) is 7.80. The maximum Gasteiger partial charge on any atom is 0.331 e. The van der Waals surface area contributed by atoms with Crippen molar-refractivity contribution in [1.82, 2.24) is 14.8 Å². The van der Waals surface area contributed by atoms with E-state index >= 15 is 0 Å². The molecule has 0 aliphatic rings. The first kappa shape index (κ1) is 23.8. The monoisotopic (exact) mass is 492 g/mol. The van der Waals surface area contributed by atoms with Gasteiger partial charge in [-0.05, 0) is 31.6 Å². The van der Waals surface area contributed by atoms with E-state index in [4.69, 9.17) is 39.5 Å². The standard InChI is InChI=1S/C22H19Cl3N4O3/c1-13-17(20(25)29(28-13)12-15-6-4-3-5-7-15)8-9-19(30)32-14(2)22(31)27-21-18(24)10-16(23)11-26-21/h3-11,14H,12H2,1-2H3,(H,26,27,31)/b9-8+/t14-/m1/s1. The number of ether oxygens (including phenoxy) is 1. The van der Waals surface area contributed by atoms with Crippen LogP contribution < -0.4 is 5.32 Å². The average Bonchev–Trinajstić information content (AvgIpc) is 3.01. The van der Waals surface area contributed by atoms with Crippen molar-refractivity contribution in [1.29, 1.82) is 0 Å². The summed E-state index contributed by atoms with van der Waals surface area (Å²) in [6.07, 6.45) is 2.96. The quantitative estimate of drug-likeness (QED) is 0.362. The summed E-state index contributed by atoms with van der Waals surface area (Å²) >= 11 is 18.2. The minimum Gasteiger partial charge on any atom is -0.449 e. The highest BCUT2D eigenvalue weighted by Crippen LogP contribution is 2.24. The highest BCUT2D eigenvalue weighted by Gasteiger charge is 2.19. The number of anilines is 1. The Bertz CT molecular complexity index is 1160. The second-order valence-corrected chi connectivity index (χ2v) is 8.02. The molecule has 0 fully saturated rings. The molecule has 0 aliphatic heterocycles. The first-order chi connectivity index (χ1) is 15.2. The number of carbonyl (C=O) groups is 2. The topological polar surface area (TPSA) is 86.1 Å². The van der Waals surface area contributed by atoms with Gasteiger partial charge in [0.1, 0.15) is 5.15 Å². The molecule has 2 aromatic heterocycles. The number of esters is 1. The molecule has 1 amide bonds. The number of rotatable bonds is 7. The summed E-state index contributed by atoms with van der Waals surface area (Å²) in [5.74, 6) is -1.19. The van der Waals surface area contributed by atoms with E-state index in [0.717, 1.165) is 5.56 Å². The van der Waals surface area contributed by atoms with Gasteiger partial charge in [0.2, 0.25) is 0 Å². The number of amides is 1. The van der Waals surface area contributed by atoms with Crippen molar-refractivity contribution in [3.8, 4) is 0 Å². The molecule has 7 nitrogen and oxygen atoms in total. The molecule has 166 valence electrons. The lowest BCUT2D eigenvalue weighted by Crippen LogP contribution is -2.29. The number of pyridine rings is 1. The highest BCUT2D eigenvalue weighted by atomic mass is 35.5. The molecule has 2 heterocycles. The number of hydrogen-bond donors (Lipinski definition) is 1. The fraction of sp³-hybridized carbons (Fsp3) is 0.182. The number of halogens is 3. The Morgan fingerprint density at radius 3 is 2.62 bits per heavy atom. The second-order valence-electron chi connectivity index (χ2n) is 6.82. The average molecular weight is 494 g/mol. The Hall–Kier alpha value is -2.87. The van der Waals surface area contributed by atoms with Gasteiger partial charge in [0.15, 0.2) is 11.9 Å². The van der Waals surface area contributed by atoms with Crippen LogP contribution in [0, 0.1) is 6.92 Å². The molecule has 1 N–H and O–H groups in total. The summed E-state index contributed by atoms with van der Waals surface area (Å²) in [7, 11) is 0. The molecule has 1 aromatic carbocycles. The predicted molar refractivity (Wildman–Crippen MR) is 125 cm³/mol. The Morgan fingerprint density at radius 1 is 1.22 bits per heavy atom. The van der Waals surface area contributed by atoms with Crippen molar-refractivity contribution in [2.45, 2.75) is 26.5 Å². The molecular weight excluding hydrogens is 475 g/mol. The Labute approximate surface area is 199 Å². The minimum atomic E-state index is -1.09. The molecule has 32 heavy (non-hydrogen) atoms. The van der Waals surface area contributed by atoms with Crippen LogP contribution in [0.1, 0.15) is 23.7 Å². The number of nitrogens with zero attached hydrogens (tertiary/aromatic N) is 3. The van der Waals surface area contributed by atoms with Gasteiger partial charge in [-0.2, -0.15) is 5.10 Å². The molecule has 0 spiro atoms. The lowest BCUT2D eigenvalue weighted by molar-refractivity contribution is -0.148. The van der Waals surface area contributed by atoms with Crippen LogP contribution in [-0.4, -0.2) is 32.7 Å². The summed E-state index contributed by atoms with van der Waals surface area (Å²) in [6.45, 7) is 3.72. The van der Waals surface area contributed by atoms with Crippen molar-refractivity contribution < 1.29 is 14.3 Å². The van der Waals surface area contributed by atoms with Crippen molar-refractivity contribution >= 4 is 58.6 Å². The highest BCUT2D eigenvalue weighted by molar-refractivity contribution is 6.36. The van der Waals surface area contributed by atoms with Crippen molar-refractivity contribution in [2.75, 3.05) is 5.32 Å². The van der Waals surface area contributed by atoms with Crippen molar-refractivity contribution in [2.24, 2.45) is 0 Å². The van der Waals surface area contributed by atoms with E-state index in [2.05, 4.69) is 15.4 Å². The lowest BCUT2D eigenvalue weighted by atomic mass is 10.2. The molecule has 0 saturated carbocycles. The van der Waals surface area contributed by atoms with E-state index in [-0.39, 0.29) is 10.8 Å². The molecule has 3 rings (SSSR count). The summed E-state index contributed by atoms with van der Waals surface area (Å²) < 4.78 is 6.80. The van der Waals surface area contributed by atoms with Gasteiger partial charge in [-0.3, -0.25) is 4.79 Å². The van der Waals surface area contributed by atoms with Crippen LogP contribution >= 0.6 is 34.8 Å². The van der Waals surface area contributed by atoms with Gasteiger partial charge in [-0.25, -0.2) is 14.5 Å². The van der Waals surface area contributed by atoms with Crippen LogP contribution in [0.15, 0.2) is 48.7 Å².